The number of aliphatic hydroxyl groups excluding tert-OH is 1. The van der Waals surface area contributed by atoms with Crippen molar-refractivity contribution in [2.24, 2.45) is 0 Å². The zero-order valence-electron chi connectivity index (χ0n) is 11.2. The predicted molar refractivity (Wildman–Crippen MR) is 79.8 cm³/mol. The van der Waals surface area contributed by atoms with Crippen molar-refractivity contribution in [2.45, 2.75) is 12.5 Å². The molecule has 0 radical (unpaired) electrons. The first-order valence-electron chi connectivity index (χ1n) is 6.53. The smallest absolute Gasteiger partial charge is 0.254 e. The van der Waals surface area contributed by atoms with Gasteiger partial charge in [-0.1, -0.05) is 41.9 Å². The average Bonchev–Trinajstić information content (AvgIpc) is 2.50. The van der Waals surface area contributed by atoms with Gasteiger partial charge in [0.2, 0.25) is 0 Å². The van der Waals surface area contributed by atoms with Crippen LogP contribution in [0.25, 0.3) is 0 Å². The minimum atomic E-state index is -0.632. The normalized spacial score (nSPS) is 12.0. The summed E-state index contributed by atoms with van der Waals surface area (Å²) in [4.78, 5) is 12.2. The monoisotopic (exact) mass is 307 g/mol. The second kappa shape index (κ2) is 7.20. The van der Waals surface area contributed by atoms with Crippen molar-refractivity contribution in [3.8, 4) is 0 Å². The van der Waals surface area contributed by atoms with Gasteiger partial charge >= 0.3 is 0 Å². The molecule has 0 heterocycles. The maximum absolute atomic E-state index is 13.7. The summed E-state index contributed by atoms with van der Waals surface area (Å²) in [6, 6.07) is 12.7. The molecule has 1 amide bonds. The Morgan fingerprint density at radius 2 is 1.95 bits per heavy atom. The van der Waals surface area contributed by atoms with E-state index >= 15 is 0 Å². The fourth-order valence-corrected chi connectivity index (χ4v) is 2.22. The number of hydrogen-bond acceptors (Lipinski definition) is 2. The van der Waals surface area contributed by atoms with Crippen LogP contribution in [0.3, 0.4) is 0 Å². The Hall–Kier alpha value is -1.91. The van der Waals surface area contributed by atoms with Crippen molar-refractivity contribution >= 4 is 17.5 Å². The Balaban J connectivity index is 2.20. The molecule has 0 aliphatic rings. The van der Waals surface area contributed by atoms with Gasteiger partial charge in [0.1, 0.15) is 5.82 Å². The number of nitrogens with one attached hydrogen (secondary N) is 1. The van der Waals surface area contributed by atoms with Gasteiger partial charge in [0.15, 0.2) is 0 Å². The Morgan fingerprint density at radius 3 is 2.62 bits per heavy atom. The van der Waals surface area contributed by atoms with Gasteiger partial charge in [-0.05, 0) is 30.2 Å². The van der Waals surface area contributed by atoms with Gasteiger partial charge in [-0.3, -0.25) is 4.79 Å². The lowest BCUT2D eigenvalue weighted by Crippen LogP contribution is -2.29. The largest absolute Gasteiger partial charge is 0.396 e. The van der Waals surface area contributed by atoms with Crippen LogP contribution in [0.4, 0.5) is 4.39 Å². The Kier molecular flexibility index (Phi) is 5.31. The lowest BCUT2D eigenvalue weighted by Gasteiger charge is -2.18. The van der Waals surface area contributed by atoms with Crippen LogP contribution in [0.1, 0.15) is 28.4 Å². The molecule has 2 rings (SSSR count). The quantitative estimate of drug-likeness (QED) is 0.890. The molecular weight excluding hydrogens is 293 g/mol. The van der Waals surface area contributed by atoms with Crippen LogP contribution in [0.5, 0.6) is 0 Å². The molecule has 2 aromatic rings. The van der Waals surface area contributed by atoms with E-state index in [0.717, 1.165) is 11.6 Å². The van der Waals surface area contributed by atoms with E-state index in [0.29, 0.717) is 11.4 Å². The Bertz CT molecular complexity index is 619. The van der Waals surface area contributed by atoms with Crippen molar-refractivity contribution in [1.29, 1.82) is 0 Å². The SMILES string of the molecule is O=C(NC(CCO)c1ccccc1)c1cc(Cl)ccc1F. The molecular formula is C16H15ClFNO2. The van der Waals surface area contributed by atoms with Crippen LogP contribution >= 0.6 is 11.6 Å². The minimum Gasteiger partial charge on any atom is -0.396 e. The van der Waals surface area contributed by atoms with Crippen LogP contribution in [-0.2, 0) is 0 Å². The van der Waals surface area contributed by atoms with Crippen molar-refractivity contribution in [2.75, 3.05) is 6.61 Å². The minimum absolute atomic E-state index is 0.0854. The highest BCUT2D eigenvalue weighted by Gasteiger charge is 2.18. The third-order valence-corrected chi connectivity index (χ3v) is 3.33. The standard InChI is InChI=1S/C16H15ClFNO2/c17-12-6-7-14(18)13(10-12)16(21)19-15(8-9-20)11-4-2-1-3-5-11/h1-7,10,15,20H,8-9H2,(H,19,21). The van der Waals surface area contributed by atoms with E-state index in [2.05, 4.69) is 5.32 Å². The molecule has 0 saturated heterocycles. The molecule has 0 aliphatic carbocycles. The number of amides is 1. The van der Waals surface area contributed by atoms with Crippen LogP contribution < -0.4 is 5.32 Å². The molecule has 21 heavy (non-hydrogen) atoms. The summed E-state index contributed by atoms with van der Waals surface area (Å²) in [5.74, 6) is -1.19. The van der Waals surface area contributed by atoms with Crippen molar-refractivity contribution < 1.29 is 14.3 Å². The summed E-state index contributed by atoms with van der Waals surface area (Å²) >= 11 is 5.79. The predicted octanol–water partition coefficient (Wildman–Crippen LogP) is 3.33. The molecule has 0 saturated carbocycles. The highest BCUT2D eigenvalue weighted by atomic mass is 35.5. The van der Waals surface area contributed by atoms with E-state index in [-0.39, 0.29) is 18.2 Å². The van der Waals surface area contributed by atoms with Crippen LogP contribution in [0.15, 0.2) is 48.5 Å². The maximum Gasteiger partial charge on any atom is 0.254 e. The second-order valence-electron chi connectivity index (χ2n) is 4.57. The van der Waals surface area contributed by atoms with E-state index in [1.54, 1.807) is 0 Å². The molecule has 0 aromatic heterocycles. The number of hydrogen-bond donors (Lipinski definition) is 2. The molecule has 0 fully saturated rings. The average molecular weight is 308 g/mol. The number of rotatable bonds is 5. The summed E-state index contributed by atoms with van der Waals surface area (Å²) in [5, 5.41) is 12.1. The van der Waals surface area contributed by atoms with Crippen LogP contribution in [0.2, 0.25) is 5.02 Å². The number of halogens is 2. The molecule has 5 heteroatoms. The van der Waals surface area contributed by atoms with Crippen LogP contribution in [0, 0.1) is 5.82 Å². The molecule has 0 spiro atoms. The van der Waals surface area contributed by atoms with Gasteiger partial charge in [-0.25, -0.2) is 4.39 Å². The zero-order valence-corrected chi connectivity index (χ0v) is 12.0. The van der Waals surface area contributed by atoms with Crippen molar-refractivity contribution in [3.05, 3.63) is 70.5 Å². The Labute approximate surface area is 127 Å². The lowest BCUT2D eigenvalue weighted by atomic mass is 10.0. The van der Waals surface area contributed by atoms with Gasteiger partial charge in [-0.2, -0.15) is 0 Å². The van der Waals surface area contributed by atoms with Gasteiger partial charge in [0, 0.05) is 11.6 Å². The van der Waals surface area contributed by atoms with E-state index in [1.807, 2.05) is 30.3 Å². The molecule has 0 bridgehead atoms. The first-order valence-corrected chi connectivity index (χ1v) is 6.91. The first kappa shape index (κ1) is 15.5. The van der Waals surface area contributed by atoms with E-state index in [4.69, 9.17) is 16.7 Å². The number of aliphatic hydroxyl groups is 1. The third kappa shape index (κ3) is 4.03. The maximum atomic E-state index is 13.7. The fraction of sp³-hybridized carbons (Fsp3) is 0.188. The van der Waals surface area contributed by atoms with E-state index in [1.165, 1.54) is 12.1 Å². The van der Waals surface area contributed by atoms with E-state index < -0.39 is 11.7 Å². The lowest BCUT2D eigenvalue weighted by molar-refractivity contribution is 0.0926. The molecule has 2 N–H and O–H groups in total. The number of benzene rings is 2. The highest BCUT2D eigenvalue weighted by molar-refractivity contribution is 6.31. The van der Waals surface area contributed by atoms with Gasteiger partial charge < -0.3 is 10.4 Å². The fourth-order valence-electron chi connectivity index (χ4n) is 2.04. The molecule has 3 nitrogen and oxygen atoms in total. The molecule has 110 valence electrons. The molecule has 2 aromatic carbocycles. The molecule has 0 aliphatic heterocycles. The number of carbonyl (C=O) groups excluding carboxylic acids is 1. The number of carbonyl (C=O) groups is 1. The summed E-state index contributed by atoms with van der Waals surface area (Å²) < 4.78 is 13.7. The summed E-state index contributed by atoms with van der Waals surface area (Å²) in [6.07, 6.45) is 0.345. The second-order valence-corrected chi connectivity index (χ2v) is 5.01. The third-order valence-electron chi connectivity index (χ3n) is 3.10. The Morgan fingerprint density at radius 1 is 1.24 bits per heavy atom. The summed E-state index contributed by atoms with van der Waals surface area (Å²) in [5.41, 5.74) is 0.740. The van der Waals surface area contributed by atoms with E-state index in [9.17, 15) is 9.18 Å². The van der Waals surface area contributed by atoms with Crippen molar-refractivity contribution in [1.82, 2.24) is 5.32 Å². The van der Waals surface area contributed by atoms with Crippen LogP contribution in [-0.4, -0.2) is 17.6 Å². The molecule has 1 atom stereocenters. The summed E-state index contributed by atoms with van der Waals surface area (Å²) in [7, 11) is 0. The zero-order chi connectivity index (χ0) is 15.2. The first-order chi connectivity index (χ1) is 10.1. The van der Waals surface area contributed by atoms with Gasteiger partial charge in [0.05, 0.1) is 11.6 Å². The topological polar surface area (TPSA) is 49.3 Å². The molecule has 1 unspecified atom stereocenters. The van der Waals surface area contributed by atoms with Gasteiger partial charge in [-0.15, -0.1) is 0 Å². The van der Waals surface area contributed by atoms with Crippen molar-refractivity contribution in [3.63, 3.8) is 0 Å². The van der Waals surface area contributed by atoms with Gasteiger partial charge in [0.25, 0.3) is 5.91 Å². The highest BCUT2D eigenvalue weighted by Crippen LogP contribution is 2.19. The summed E-state index contributed by atoms with van der Waals surface area (Å²) in [6.45, 7) is -0.0854.